The molecule has 1 aliphatic heterocycles. The third kappa shape index (κ3) is 3.71. The van der Waals surface area contributed by atoms with Crippen LogP contribution in [0.25, 0.3) is 0 Å². The molecule has 2 rings (SSSR count). The maximum absolute atomic E-state index is 9.98. The van der Waals surface area contributed by atoms with E-state index in [9.17, 15) is 5.11 Å². The van der Waals surface area contributed by atoms with Gasteiger partial charge in [-0.05, 0) is 45.8 Å². The van der Waals surface area contributed by atoms with Crippen molar-refractivity contribution in [3.8, 4) is 5.75 Å². The lowest BCUT2D eigenvalue weighted by Crippen LogP contribution is -2.46. The van der Waals surface area contributed by atoms with E-state index in [4.69, 9.17) is 0 Å². The molecular formula is C16H26N2O. The largest absolute Gasteiger partial charge is 0.508 e. The normalized spacial score (nSPS) is 22.4. The van der Waals surface area contributed by atoms with Crippen molar-refractivity contribution in [2.24, 2.45) is 0 Å². The smallest absolute Gasteiger partial charge is 0.120 e. The van der Waals surface area contributed by atoms with Gasteiger partial charge in [-0.15, -0.1) is 0 Å². The van der Waals surface area contributed by atoms with Crippen molar-refractivity contribution in [1.82, 2.24) is 10.2 Å². The highest BCUT2D eigenvalue weighted by Crippen LogP contribution is 2.26. The van der Waals surface area contributed by atoms with Crippen LogP contribution >= 0.6 is 0 Å². The lowest BCUT2D eigenvalue weighted by molar-refractivity contribution is 0.192. The average molecular weight is 262 g/mol. The fraction of sp³-hybridized carbons (Fsp3) is 0.625. The maximum Gasteiger partial charge on any atom is 0.120 e. The van der Waals surface area contributed by atoms with Crippen LogP contribution in [0.4, 0.5) is 0 Å². The molecule has 1 fully saturated rings. The summed E-state index contributed by atoms with van der Waals surface area (Å²) in [4.78, 5) is 2.49. The van der Waals surface area contributed by atoms with Gasteiger partial charge < -0.3 is 15.3 Å². The van der Waals surface area contributed by atoms with Crippen LogP contribution in [0.1, 0.15) is 43.9 Å². The predicted molar refractivity (Wildman–Crippen MR) is 79.5 cm³/mol. The fourth-order valence-electron chi connectivity index (χ4n) is 2.94. The quantitative estimate of drug-likeness (QED) is 0.876. The molecule has 3 heteroatoms. The number of hydrogen-bond acceptors (Lipinski definition) is 3. The van der Waals surface area contributed by atoms with Crippen LogP contribution in [0.15, 0.2) is 18.2 Å². The molecule has 0 bridgehead atoms. The Morgan fingerprint density at radius 3 is 3.00 bits per heavy atom. The van der Waals surface area contributed by atoms with Crippen molar-refractivity contribution in [3.05, 3.63) is 29.3 Å². The summed E-state index contributed by atoms with van der Waals surface area (Å²) in [5.41, 5.74) is 2.20. The van der Waals surface area contributed by atoms with Crippen LogP contribution in [0, 0.1) is 6.92 Å². The van der Waals surface area contributed by atoms with Crippen molar-refractivity contribution in [1.29, 1.82) is 0 Å². The summed E-state index contributed by atoms with van der Waals surface area (Å²) in [5.74, 6) is 0.397. The summed E-state index contributed by atoms with van der Waals surface area (Å²) < 4.78 is 0. The number of likely N-dealkylation sites (N-methyl/N-ethyl adjacent to an activating group) is 1. The number of hydrogen-bond donors (Lipinski definition) is 2. The summed E-state index contributed by atoms with van der Waals surface area (Å²) >= 11 is 0. The van der Waals surface area contributed by atoms with E-state index >= 15 is 0 Å². The number of nitrogens with one attached hydrogen (secondary N) is 1. The Labute approximate surface area is 116 Å². The lowest BCUT2D eigenvalue weighted by Gasteiger charge is -2.34. The number of piperidine rings is 1. The summed E-state index contributed by atoms with van der Waals surface area (Å²) in [7, 11) is 0. The Kier molecular flexibility index (Phi) is 4.83. The van der Waals surface area contributed by atoms with Gasteiger partial charge >= 0.3 is 0 Å². The van der Waals surface area contributed by atoms with Crippen molar-refractivity contribution >= 4 is 0 Å². The van der Waals surface area contributed by atoms with Gasteiger partial charge in [-0.2, -0.15) is 0 Å². The van der Waals surface area contributed by atoms with E-state index in [-0.39, 0.29) is 6.04 Å². The van der Waals surface area contributed by atoms with Crippen LogP contribution in [-0.4, -0.2) is 35.7 Å². The zero-order valence-electron chi connectivity index (χ0n) is 12.3. The standard InChI is InChI=1S/C16H26N2O/c1-4-18-9-5-6-14(11-18)17-13(3)15-10-12(2)7-8-16(15)19/h7-8,10,13-14,17,19H,4-6,9,11H2,1-3H3. The molecule has 0 amide bonds. The Balaban J connectivity index is 2.00. The molecule has 1 saturated heterocycles. The van der Waals surface area contributed by atoms with E-state index in [0.29, 0.717) is 11.8 Å². The van der Waals surface area contributed by atoms with E-state index in [1.54, 1.807) is 6.07 Å². The van der Waals surface area contributed by atoms with Crippen LogP contribution in [0.5, 0.6) is 5.75 Å². The van der Waals surface area contributed by atoms with Gasteiger partial charge in [-0.1, -0.05) is 24.6 Å². The molecule has 106 valence electrons. The Morgan fingerprint density at radius 2 is 2.26 bits per heavy atom. The minimum absolute atomic E-state index is 0.196. The molecule has 1 heterocycles. The molecule has 0 saturated carbocycles. The summed E-state index contributed by atoms with van der Waals surface area (Å²) in [6, 6.07) is 6.55. The van der Waals surface area contributed by atoms with Gasteiger partial charge in [0, 0.05) is 24.2 Å². The molecule has 3 nitrogen and oxygen atoms in total. The minimum Gasteiger partial charge on any atom is -0.508 e. The lowest BCUT2D eigenvalue weighted by atomic mass is 10.0. The number of rotatable bonds is 4. The molecule has 2 unspecified atom stereocenters. The number of benzene rings is 1. The molecule has 1 aliphatic rings. The third-order valence-corrected chi connectivity index (χ3v) is 4.09. The first kappa shape index (κ1) is 14.4. The van der Waals surface area contributed by atoms with Gasteiger partial charge in [0.2, 0.25) is 0 Å². The second kappa shape index (κ2) is 6.40. The first-order chi connectivity index (χ1) is 9.10. The summed E-state index contributed by atoms with van der Waals surface area (Å²) in [5, 5.41) is 13.6. The number of phenolic OH excluding ortho intramolecular Hbond substituents is 1. The van der Waals surface area contributed by atoms with Gasteiger partial charge in [0.15, 0.2) is 0 Å². The van der Waals surface area contributed by atoms with E-state index in [2.05, 4.69) is 37.1 Å². The molecule has 2 atom stereocenters. The SMILES string of the molecule is CCN1CCCC(NC(C)c2cc(C)ccc2O)C1. The molecule has 0 radical (unpaired) electrons. The molecule has 0 aliphatic carbocycles. The zero-order valence-corrected chi connectivity index (χ0v) is 12.3. The first-order valence-electron chi connectivity index (χ1n) is 7.38. The molecule has 2 N–H and O–H groups in total. The van der Waals surface area contributed by atoms with Gasteiger partial charge in [-0.3, -0.25) is 0 Å². The second-order valence-electron chi connectivity index (χ2n) is 5.68. The topological polar surface area (TPSA) is 35.5 Å². The van der Waals surface area contributed by atoms with E-state index in [0.717, 1.165) is 18.7 Å². The average Bonchev–Trinajstić information content (AvgIpc) is 2.41. The summed E-state index contributed by atoms with van der Waals surface area (Å²) in [6.45, 7) is 9.89. The molecule has 0 aromatic heterocycles. The van der Waals surface area contributed by atoms with E-state index < -0.39 is 0 Å². The van der Waals surface area contributed by atoms with E-state index in [1.165, 1.54) is 24.9 Å². The van der Waals surface area contributed by atoms with Gasteiger partial charge in [0.25, 0.3) is 0 Å². The van der Waals surface area contributed by atoms with Crippen LogP contribution in [0.3, 0.4) is 0 Å². The van der Waals surface area contributed by atoms with Gasteiger partial charge in [-0.25, -0.2) is 0 Å². The summed E-state index contributed by atoms with van der Waals surface area (Å²) in [6.07, 6.45) is 2.49. The second-order valence-corrected chi connectivity index (χ2v) is 5.68. The molecule has 1 aromatic carbocycles. The minimum atomic E-state index is 0.196. The van der Waals surface area contributed by atoms with E-state index in [1.807, 2.05) is 6.07 Å². The molecular weight excluding hydrogens is 236 g/mol. The van der Waals surface area contributed by atoms with Gasteiger partial charge in [0.05, 0.1) is 0 Å². The maximum atomic E-state index is 9.98. The van der Waals surface area contributed by atoms with Crippen LogP contribution < -0.4 is 5.32 Å². The van der Waals surface area contributed by atoms with Crippen molar-refractivity contribution in [2.75, 3.05) is 19.6 Å². The highest BCUT2D eigenvalue weighted by molar-refractivity contribution is 5.37. The Morgan fingerprint density at radius 1 is 1.47 bits per heavy atom. The number of aromatic hydroxyl groups is 1. The fourth-order valence-corrected chi connectivity index (χ4v) is 2.94. The molecule has 1 aromatic rings. The zero-order chi connectivity index (χ0) is 13.8. The highest BCUT2D eigenvalue weighted by atomic mass is 16.3. The predicted octanol–water partition coefficient (Wildman–Crippen LogP) is 2.84. The van der Waals surface area contributed by atoms with Crippen LogP contribution in [0.2, 0.25) is 0 Å². The molecule has 0 spiro atoms. The molecule has 19 heavy (non-hydrogen) atoms. The Hall–Kier alpha value is -1.06. The monoisotopic (exact) mass is 262 g/mol. The Bertz CT molecular complexity index is 419. The van der Waals surface area contributed by atoms with Crippen molar-refractivity contribution < 1.29 is 5.11 Å². The van der Waals surface area contributed by atoms with Crippen LogP contribution in [-0.2, 0) is 0 Å². The third-order valence-electron chi connectivity index (χ3n) is 4.09. The van der Waals surface area contributed by atoms with Gasteiger partial charge in [0.1, 0.15) is 5.75 Å². The number of phenols is 1. The van der Waals surface area contributed by atoms with Crippen molar-refractivity contribution in [2.45, 2.75) is 45.7 Å². The highest BCUT2D eigenvalue weighted by Gasteiger charge is 2.21. The number of nitrogens with zero attached hydrogens (tertiary/aromatic N) is 1. The first-order valence-corrected chi connectivity index (χ1v) is 7.38. The number of aryl methyl sites for hydroxylation is 1. The number of likely N-dealkylation sites (tertiary alicyclic amines) is 1. The van der Waals surface area contributed by atoms with Crippen molar-refractivity contribution in [3.63, 3.8) is 0 Å².